The van der Waals surface area contributed by atoms with E-state index in [0.29, 0.717) is 5.02 Å². The van der Waals surface area contributed by atoms with Gasteiger partial charge in [-0.1, -0.05) is 45.7 Å². The molecular weight excluding hydrogens is 324 g/mol. The molecule has 2 rings (SSSR count). The molecule has 0 spiro atoms. The van der Waals surface area contributed by atoms with Gasteiger partial charge in [-0.3, -0.25) is 0 Å². The summed E-state index contributed by atoms with van der Waals surface area (Å²) in [5, 5.41) is 11.2. The van der Waals surface area contributed by atoms with Crippen molar-refractivity contribution < 1.29 is 5.11 Å². The van der Waals surface area contributed by atoms with Crippen molar-refractivity contribution in [3.63, 3.8) is 0 Å². The molecule has 0 fully saturated rings. The van der Waals surface area contributed by atoms with Crippen LogP contribution in [0.15, 0.2) is 34.8 Å². The van der Waals surface area contributed by atoms with E-state index in [9.17, 15) is 5.11 Å². The Bertz CT molecular complexity index is 622. The molecule has 0 amide bonds. The molecule has 2 aromatic rings. The van der Waals surface area contributed by atoms with Crippen molar-refractivity contribution in [1.29, 1.82) is 0 Å². The molecule has 0 heterocycles. The topological polar surface area (TPSA) is 20.2 Å². The molecule has 0 bridgehead atoms. The molecule has 1 N–H and O–H groups in total. The molecular formula is C16H16BrClO. The largest absolute Gasteiger partial charge is 0.384 e. The molecule has 0 saturated carbocycles. The van der Waals surface area contributed by atoms with Crippen molar-refractivity contribution in [2.75, 3.05) is 0 Å². The Morgan fingerprint density at radius 2 is 1.68 bits per heavy atom. The Hall–Kier alpha value is -0.830. The summed E-state index contributed by atoms with van der Waals surface area (Å²) in [6, 6.07) is 9.73. The fraction of sp³-hybridized carbons (Fsp3) is 0.250. The van der Waals surface area contributed by atoms with Gasteiger partial charge in [0.05, 0.1) is 0 Å². The molecule has 2 aromatic carbocycles. The van der Waals surface area contributed by atoms with Gasteiger partial charge in [0.1, 0.15) is 6.10 Å². The summed E-state index contributed by atoms with van der Waals surface area (Å²) in [4.78, 5) is 0. The highest BCUT2D eigenvalue weighted by Crippen LogP contribution is 2.31. The summed E-state index contributed by atoms with van der Waals surface area (Å²) in [5.41, 5.74) is 4.92. The highest BCUT2D eigenvalue weighted by Gasteiger charge is 2.15. The van der Waals surface area contributed by atoms with Crippen LogP contribution in [0.2, 0.25) is 5.02 Å². The summed E-state index contributed by atoms with van der Waals surface area (Å²) in [5.74, 6) is 0. The first-order chi connectivity index (χ1) is 8.90. The molecule has 0 aliphatic rings. The average molecular weight is 340 g/mol. The number of aryl methyl sites for hydroxylation is 3. The Balaban J connectivity index is 2.46. The minimum absolute atomic E-state index is 0.648. The predicted octanol–water partition coefficient (Wildman–Crippen LogP) is 5.11. The Kier molecular flexibility index (Phi) is 4.34. The van der Waals surface area contributed by atoms with Crippen LogP contribution in [0, 0.1) is 20.8 Å². The monoisotopic (exact) mass is 338 g/mol. The van der Waals surface area contributed by atoms with Gasteiger partial charge in [-0.2, -0.15) is 0 Å². The lowest BCUT2D eigenvalue weighted by molar-refractivity contribution is 0.219. The van der Waals surface area contributed by atoms with Crippen LogP contribution in [0.5, 0.6) is 0 Å². The second kappa shape index (κ2) is 5.66. The van der Waals surface area contributed by atoms with Crippen LogP contribution in [0.25, 0.3) is 0 Å². The minimum atomic E-state index is -0.648. The number of hydrogen-bond donors (Lipinski definition) is 1. The molecule has 1 unspecified atom stereocenters. The highest BCUT2D eigenvalue weighted by molar-refractivity contribution is 9.10. The van der Waals surface area contributed by atoms with Crippen molar-refractivity contribution in [1.82, 2.24) is 0 Å². The van der Waals surface area contributed by atoms with Crippen LogP contribution in [0.1, 0.15) is 33.9 Å². The summed E-state index contributed by atoms with van der Waals surface area (Å²) < 4.78 is 1.06. The maximum Gasteiger partial charge on any atom is 0.104 e. The quantitative estimate of drug-likeness (QED) is 0.806. The van der Waals surface area contributed by atoms with Crippen LogP contribution in [-0.4, -0.2) is 5.11 Å². The first kappa shape index (κ1) is 14.6. The highest BCUT2D eigenvalue weighted by atomic mass is 79.9. The molecule has 19 heavy (non-hydrogen) atoms. The number of halogens is 2. The summed E-state index contributed by atoms with van der Waals surface area (Å²) >= 11 is 9.63. The third-order valence-corrected chi connectivity index (χ3v) is 4.62. The van der Waals surface area contributed by atoms with Crippen LogP contribution < -0.4 is 0 Å². The lowest BCUT2D eigenvalue weighted by atomic mass is 9.95. The fourth-order valence-corrected chi connectivity index (χ4v) is 2.70. The third-order valence-electron chi connectivity index (χ3n) is 3.35. The molecule has 1 atom stereocenters. The maximum atomic E-state index is 10.5. The molecule has 3 heteroatoms. The Labute approximate surface area is 127 Å². The second-order valence-electron chi connectivity index (χ2n) is 4.87. The number of benzene rings is 2. The zero-order valence-corrected chi connectivity index (χ0v) is 13.5. The van der Waals surface area contributed by atoms with E-state index in [4.69, 9.17) is 11.6 Å². The summed E-state index contributed by atoms with van der Waals surface area (Å²) in [7, 11) is 0. The standard InChI is InChI=1S/C16H16BrClO/c1-9-4-5-12(8-15(9)18)16(19)13-6-11(3)14(17)7-10(13)2/h4-8,16,19H,1-3H3. The van der Waals surface area contributed by atoms with Gasteiger partial charge in [0.25, 0.3) is 0 Å². The van der Waals surface area contributed by atoms with Gasteiger partial charge in [-0.25, -0.2) is 0 Å². The van der Waals surface area contributed by atoms with E-state index in [2.05, 4.69) is 15.9 Å². The molecule has 0 aliphatic carbocycles. The number of rotatable bonds is 2. The second-order valence-corrected chi connectivity index (χ2v) is 6.13. The lowest BCUT2D eigenvalue weighted by Crippen LogP contribution is -2.03. The van der Waals surface area contributed by atoms with Crippen LogP contribution in [-0.2, 0) is 0 Å². The van der Waals surface area contributed by atoms with E-state index in [0.717, 1.165) is 32.3 Å². The first-order valence-corrected chi connectivity index (χ1v) is 7.28. The van der Waals surface area contributed by atoms with Gasteiger partial charge in [0, 0.05) is 9.50 Å². The fourth-order valence-electron chi connectivity index (χ4n) is 2.06. The van der Waals surface area contributed by atoms with Crippen molar-refractivity contribution in [2.45, 2.75) is 26.9 Å². The van der Waals surface area contributed by atoms with E-state index in [1.807, 2.05) is 51.1 Å². The molecule has 0 saturated heterocycles. The lowest BCUT2D eigenvalue weighted by Gasteiger charge is -2.16. The molecule has 0 radical (unpaired) electrons. The van der Waals surface area contributed by atoms with Gasteiger partial charge >= 0.3 is 0 Å². The zero-order chi connectivity index (χ0) is 14.2. The molecule has 100 valence electrons. The van der Waals surface area contributed by atoms with E-state index in [-0.39, 0.29) is 0 Å². The van der Waals surface area contributed by atoms with E-state index < -0.39 is 6.10 Å². The minimum Gasteiger partial charge on any atom is -0.384 e. The smallest absolute Gasteiger partial charge is 0.104 e. The molecule has 0 aliphatic heterocycles. The van der Waals surface area contributed by atoms with Crippen molar-refractivity contribution in [3.05, 3.63) is 67.6 Å². The van der Waals surface area contributed by atoms with E-state index >= 15 is 0 Å². The zero-order valence-electron chi connectivity index (χ0n) is 11.2. The summed E-state index contributed by atoms with van der Waals surface area (Å²) in [6.45, 7) is 5.97. The van der Waals surface area contributed by atoms with Crippen LogP contribution >= 0.6 is 27.5 Å². The SMILES string of the molecule is Cc1ccc(C(O)c2cc(C)c(Br)cc2C)cc1Cl. The average Bonchev–Trinajstić information content (AvgIpc) is 2.36. The third kappa shape index (κ3) is 3.02. The number of aliphatic hydroxyl groups is 1. The van der Waals surface area contributed by atoms with Gasteiger partial charge in [0.2, 0.25) is 0 Å². The number of aliphatic hydroxyl groups excluding tert-OH is 1. The van der Waals surface area contributed by atoms with Gasteiger partial charge < -0.3 is 5.11 Å². The van der Waals surface area contributed by atoms with Crippen molar-refractivity contribution >= 4 is 27.5 Å². The van der Waals surface area contributed by atoms with Crippen LogP contribution in [0.4, 0.5) is 0 Å². The number of hydrogen-bond acceptors (Lipinski definition) is 1. The Morgan fingerprint density at radius 1 is 1.00 bits per heavy atom. The molecule has 1 nitrogen and oxygen atoms in total. The first-order valence-electron chi connectivity index (χ1n) is 6.11. The summed E-state index contributed by atoms with van der Waals surface area (Å²) in [6.07, 6.45) is -0.648. The predicted molar refractivity (Wildman–Crippen MR) is 83.9 cm³/mol. The Morgan fingerprint density at radius 3 is 2.32 bits per heavy atom. The van der Waals surface area contributed by atoms with Gasteiger partial charge in [0.15, 0.2) is 0 Å². The van der Waals surface area contributed by atoms with Crippen LogP contribution in [0.3, 0.4) is 0 Å². The van der Waals surface area contributed by atoms with Crippen molar-refractivity contribution in [3.8, 4) is 0 Å². The normalized spacial score (nSPS) is 12.5. The van der Waals surface area contributed by atoms with Gasteiger partial charge in [-0.15, -0.1) is 0 Å². The van der Waals surface area contributed by atoms with Crippen molar-refractivity contribution in [2.24, 2.45) is 0 Å². The van der Waals surface area contributed by atoms with E-state index in [1.165, 1.54) is 0 Å². The van der Waals surface area contributed by atoms with E-state index in [1.54, 1.807) is 0 Å². The van der Waals surface area contributed by atoms with Gasteiger partial charge in [-0.05, 0) is 60.7 Å². The maximum absolute atomic E-state index is 10.5. The molecule has 0 aromatic heterocycles.